The molecule has 1 heterocycles. The van der Waals surface area contributed by atoms with Gasteiger partial charge in [-0.15, -0.1) is 0 Å². The van der Waals surface area contributed by atoms with Gasteiger partial charge in [-0.05, 0) is 66.5 Å². The lowest BCUT2D eigenvalue weighted by Gasteiger charge is -2.35. The van der Waals surface area contributed by atoms with Gasteiger partial charge < -0.3 is 5.32 Å². The Kier molecular flexibility index (Phi) is 6.39. The molecule has 1 fully saturated rings. The van der Waals surface area contributed by atoms with Gasteiger partial charge in [-0.3, -0.25) is 0 Å². The minimum absolute atomic E-state index is 0.698. The summed E-state index contributed by atoms with van der Waals surface area (Å²) in [5.41, 5.74) is 1.53. The molecule has 0 bridgehead atoms. The van der Waals surface area contributed by atoms with Gasteiger partial charge >= 0.3 is 0 Å². The normalized spacial score (nSPS) is 25.4. The first-order chi connectivity index (χ1) is 9.33. The van der Waals surface area contributed by atoms with Crippen molar-refractivity contribution < 1.29 is 0 Å². The van der Waals surface area contributed by atoms with Gasteiger partial charge in [0.2, 0.25) is 0 Å². The summed E-state index contributed by atoms with van der Waals surface area (Å²) in [5.74, 6) is 1.87. The predicted octanol–water partition coefficient (Wildman–Crippen LogP) is 4.88. The van der Waals surface area contributed by atoms with Crippen LogP contribution >= 0.6 is 11.3 Å². The van der Waals surface area contributed by atoms with Crippen molar-refractivity contribution in [2.75, 3.05) is 6.54 Å². The summed E-state index contributed by atoms with van der Waals surface area (Å²) in [6, 6.07) is 3.00. The second kappa shape index (κ2) is 8.06. The zero-order valence-corrected chi connectivity index (χ0v) is 13.3. The standard InChI is InChI=1S/C17H29NS/c1-3-9-18-17(12-15-8-10-19-13-15)16-7-5-6-14(4-2)11-16/h8,10,13-14,16-18H,3-7,9,11-12H2,1-2H3. The predicted molar refractivity (Wildman–Crippen MR) is 85.8 cm³/mol. The third-order valence-corrected chi connectivity index (χ3v) is 5.39. The Labute approximate surface area is 122 Å². The van der Waals surface area contributed by atoms with Gasteiger partial charge in [-0.25, -0.2) is 0 Å². The summed E-state index contributed by atoms with van der Waals surface area (Å²) in [6.45, 7) is 5.80. The van der Waals surface area contributed by atoms with E-state index >= 15 is 0 Å². The van der Waals surface area contributed by atoms with Gasteiger partial charge in [0.1, 0.15) is 0 Å². The van der Waals surface area contributed by atoms with E-state index in [0.29, 0.717) is 6.04 Å². The fraction of sp³-hybridized carbons (Fsp3) is 0.765. The average Bonchev–Trinajstić information content (AvgIpc) is 2.96. The maximum atomic E-state index is 3.83. The number of thiophene rings is 1. The van der Waals surface area contributed by atoms with Crippen molar-refractivity contribution in [3.63, 3.8) is 0 Å². The first-order valence-corrected chi connectivity index (χ1v) is 9.02. The first-order valence-electron chi connectivity index (χ1n) is 8.07. The van der Waals surface area contributed by atoms with E-state index in [4.69, 9.17) is 0 Å². The van der Waals surface area contributed by atoms with Gasteiger partial charge in [0.25, 0.3) is 0 Å². The fourth-order valence-electron chi connectivity index (χ4n) is 3.47. The Morgan fingerprint density at radius 2 is 2.26 bits per heavy atom. The first kappa shape index (κ1) is 15.1. The smallest absolute Gasteiger partial charge is 0.0136 e. The van der Waals surface area contributed by atoms with Gasteiger partial charge in [0.15, 0.2) is 0 Å². The molecule has 3 atom stereocenters. The molecule has 3 unspecified atom stereocenters. The lowest BCUT2D eigenvalue weighted by molar-refractivity contribution is 0.207. The minimum Gasteiger partial charge on any atom is -0.313 e. The molecular formula is C17H29NS. The Morgan fingerprint density at radius 3 is 2.95 bits per heavy atom. The van der Waals surface area contributed by atoms with Crippen LogP contribution in [0.25, 0.3) is 0 Å². The van der Waals surface area contributed by atoms with Crippen molar-refractivity contribution in [1.82, 2.24) is 5.32 Å². The molecule has 2 rings (SSSR count). The zero-order chi connectivity index (χ0) is 13.5. The molecule has 1 nitrogen and oxygen atoms in total. The third kappa shape index (κ3) is 4.61. The molecule has 1 aliphatic rings. The molecule has 0 saturated heterocycles. The molecule has 2 heteroatoms. The highest BCUT2D eigenvalue weighted by atomic mass is 32.1. The molecule has 1 aromatic heterocycles. The molecule has 1 saturated carbocycles. The molecule has 0 spiro atoms. The van der Waals surface area contributed by atoms with Crippen LogP contribution in [0.2, 0.25) is 0 Å². The fourth-order valence-corrected chi connectivity index (χ4v) is 4.15. The highest BCUT2D eigenvalue weighted by Crippen LogP contribution is 2.34. The van der Waals surface area contributed by atoms with Crippen LogP contribution in [0.1, 0.15) is 57.9 Å². The summed E-state index contributed by atoms with van der Waals surface area (Å²) in [7, 11) is 0. The van der Waals surface area contributed by atoms with Crippen LogP contribution in [0.5, 0.6) is 0 Å². The molecule has 108 valence electrons. The quantitative estimate of drug-likeness (QED) is 0.750. The molecule has 1 aliphatic carbocycles. The van der Waals surface area contributed by atoms with Crippen LogP contribution in [-0.4, -0.2) is 12.6 Å². The zero-order valence-electron chi connectivity index (χ0n) is 12.5. The maximum absolute atomic E-state index is 3.83. The number of nitrogens with one attached hydrogen (secondary N) is 1. The van der Waals surface area contributed by atoms with Crippen LogP contribution in [0.3, 0.4) is 0 Å². The monoisotopic (exact) mass is 279 g/mol. The molecule has 0 radical (unpaired) electrons. The van der Waals surface area contributed by atoms with Gasteiger partial charge in [-0.2, -0.15) is 11.3 Å². The van der Waals surface area contributed by atoms with E-state index in [2.05, 4.69) is 36.0 Å². The molecule has 0 aromatic carbocycles. The van der Waals surface area contributed by atoms with Crippen molar-refractivity contribution in [1.29, 1.82) is 0 Å². The summed E-state index contributed by atoms with van der Waals surface area (Å²) in [5, 5.41) is 8.36. The van der Waals surface area contributed by atoms with Crippen LogP contribution in [-0.2, 0) is 6.42 Å². The maximum Gasteiger partial charge on any atom is 0.0136 e. The SMILES string of the molecule is CCCNC(Cc1ccsc1)C1CCCC(CC)C1. The van der Waals surface area contributed by atoms with Crippen LogP contribution in [0.15, 0.2) is 16.8 Å². The highest BCUT2D eigenvalue weighted by molar-refractivity contribution is 7.07. The topological polar surface area (TPSA) is 12.0 Å². The van der Waals surface area contributed by atoms with Crippen molar-refractivity contribution in [2.24, 2.45) is 11.8 Å². The lowest BCUT2D eigenvalue weighted by atomic mass is 9.75. The van der Waals surface area contributed by atoms with E-state index in [-0.39, 0.29) is 0 Å². The van der Waals surface area contributed by atoms with Crippen molar-refractivity contribution >= 4 is 11.3 Å². The van der Waals surface area contributed by atoms with E-state index in [1.807, 2.05) is 11.3 Å². The lowest BCUT2D eigenvalue weighted by Crippen LogP contribution is -2.40. The highest BCUT2D eigenvalue weighted by Gasteiger charge is 2.27. The van der Waals surface area contributed by atoms with Crippen molar-refractivity contribution in [3.8, 4) is 0 Å². The van der Waals surface area contributed by atoms with Crippen LogP contribution in [0, 0.1) is 11.8 Å². The summed E-state index contributed by atoms with van der Waals surface area (Å²) in [6.07, 6.45) is 9.62. The van der Waals surface area contributed by atoms with E-state index < -0.39 is 0 Å². The van der Waals surface area contributed by atoms with E-state index in [0.717, 1.165) is 11.8 Å². The average molecular weight is 279 g/mol. The molecule has 0 amide bonds. The summed E-state index contributed by atoms with van der Waals surface area (Å²) in [4.78, 5) is 0. The van der Waals surface area contributed by atoms with Gasteiger partial charge in [0, 0.05) is 6.04 Å². The van der Waals surface area contributed by atoms with Gasteiger partial charge in [0.05, 0.1) is 0 Å². The Morgan fingerprint density at radius 1 is 1.37 bits per heavy atom. The molecule has 1 N–H and O–H groups in total. The summed E-state index contributed by atoms with van der Waals surface area (Å²) < 4.78 is 0. The van der Waals surface area contributed by atoms with Crippen molar-refractivity contribution in [2.45, 2.75) is 64.8 Å². The van der Waals surface area contributed by atoms with Gasteiger partial charge in [-0.1, -0.05) is 33.1 Å². The van der Waals surface area contributed by atoms with E-state index in [1.165, 1.54) is 57.1 Å². The largest absolute Gasteiger partial charge is 0.313 e. The Bertz CT molecular complexity index is 333. The number of rotatable bonds is 7. The minimum atomic E-state index is 0.698. The molecular weight excluding hydrogens is 250 g/mol. The van der Waals surface area contributed by atoms with E-state index in [1.54, 1.807) is 0 Å². The summed E-state index contributed by atoms with van der Waals surface area (Å²) >= 11 is 1.83. The second-order valence-corrected chi connectivity index (χ2v) is 6.88. The number of hydrogen-bond acceptors (Lipinski definition) is 2. The molecule has 1 aromatic rings. The molecule has 19 heavy (non-hydrogen) atoms. The number of hydrogen-bond donors (Lipinski definition) is 1. The second-order valence-electron chi connectivity index (χ2n) is 6.10. The van der Waals surface area contributed by atoms with Crippen LogP contribution in [0.4, 0.5) is 0 Å². The third-order valence-electron chi connectivity index (χ3n) is 4.66. The van der Waals surface area contributed by atoms with E-state index in [9.17, 15) is 0 Å². The van der Waals surface area contributed by atoms with Crippen LogP contribution < -0.4 is 5.32 Å². The Balaban J connectivity index is 1.95. The van der Waals surface area contributed by atoms with Crippen molar-refractivity contribution in [3.05, 3.63) is 22.4 Å². The Hall–Kier alpha value is -0.340. The molecule has 0 aliphatic heterocycles.